The molecule has 1 aromatic rings. The average Bonchev–Trinajstić information content (AvgIpc) is 3.47. The van der Waals surface area contributed by atoms with Gasteiger partial charge in [-0.15, -0.1) is 0 Å². The molecule has 2 aliphatic rings. The smallest absolute Gasteiger partial charge is 0.227 e. The van der Waals surface area contributed by atoms with E-state index in [-0.39, 0.29) is 17.7 Å². The first kappa shape index (κ1) is 18.0. The minimum Gasteiger partial charge on any atom is -0.352 e. The second kappa shape index (κ2) is 9.02. The highest BCUT2D eigenvalue weighted by Crippen LogP contribution is 2.30. The number of amides is 2. The molecule has 2 N–H and O–H groups in total. The van der Waals surface area contributed by atoms with Crippen molar-refractivity contribution in [3.05, 3.63) is 29.8 Å². The summed E-state index contributed by atoms with van der Waals surface area (Å²) in [6.07, 6.45) is 11.7. The van der Waals surface area contributed by atoms with E-state index in [0.717, 1.165) is 36.4 Å². The molecule has 1 aromatic carbocycles. The quantitative estimate of drug-likeness (QED) is 0.735. The summed E-state index contributed by atoms with van der Waals surface area (Å²) in [5, 5.41) is 5.93. The van der Waals surface area contributed by atoms with E-state index in [1.165, 1.54) is 38.5 Å². The molecular formula is C21H30N2O2. The SMILES string of the molecule is O=C(CCCC1CCCCC1)NCc1ccc(NC(=O)C2CC2)cc1. The number of nitrogens with one attached hydrogen (secondary N) is 2. The predicted molar refractivity (Wildman–Crippen MR) is 100 cm³/mol. The molecule has 0 aliphatic heterocycles. The molecule has 2 amide bonds. The molecule has 4 nitrogen and oxygen atoms in total. The van der Waals surface area contributed by atoms with Crippen molar-refractivity contribution in [3.63, 3.8) is 0 Å². The lowest BCUT2D eigenvalue weighted by atomic mass is 9.86. The van der Waals surface area contributed by atoms with E-state index in [1.54, 1.807) is 0 Å². The highest BCUT2D eigenvalue weighted by atomic mass is 16.2. The second-order valence-corrected chi connectivity index (χ2v) is 7.63. The molecule has 0 aromatic heterocycles. The molecule has 136 valence electrons. The van der Waals surface area contributed by atoms with Crippen molar-refractivity contribution >= 4 is 17.5 Å². The number of hydrogen-bond acceptors (Lipinski definition) is 2. The molecule has 0 bridgehead atoms. The van der Waals surface area contributed by atoms with Crippen LogP contribution in [0, 0.1) is 11.8 Å². The van der Waals surface area contributed by atoms with Crippen LogP contribution in [0.15, 0.2) is 24.3 Å². The molecule has 0 saturated heterocycles. The molecule has 0 unspecified atom stereocenters. The van der Waals surface area contributed by atoms with Crippen LogP contribution in [0.3, 0.4) is 0 Å². The van der Waals surface area contributed by atoms with E-state index in [9.17, 15) is 9.59 Å². The maximum atomic E-state index is 12.0. The summed E-state index contributed by atoms with van der Waals surface area (Å²) < 4.78 is 0. The first-order valence-corrected chi connectivity index (χ1v) is 9.87. The van der Waals surface area contributed by atoms with E-state index in [2.05, 4.69) is 10.6 Å². The molecule has 3 rings (SSSR count). The highest BCUT2D eigenvalue weighted by Gasteiger charge is 2.29. The highest BCUT2D eigenvalue weighted by molar-refractivity contribution is 5.94. The van der Waals surface area contributed by atoms with Crippen LogP contribution in [0.2, 0.25) is 0 Å². The third-order valence-electron chi connectivity index (χ3n) is 5.40. The second-order valence-electron chi connectivity index (χ2n) is 7.63. The number of benzene rings is 1. The summed E-state index contributed by atoms with van der Waals surface area (Å²) in [6, 6.07) is 7.74. The number of carbonyl (C=O) groups is 2. The van der Waals surface area contributed by atoms with Gasteiger partial charge in [0.1, 0.15) is 0 Å². The van der Waals surface area contributed by atoms with Crippen molar-refractivity contribution in [3.8, 4) is 0 Å². The molecule has 2 saturated carbocycles. The van der Waals surface area contributed by atoms with Crippen LogP contribution < -0.4 is 10.6 Å². The van der Waals surface area contributed by atoms with Gasteiger partial charge < -0.3 is 10.6 Å². The fourth-order valence-electron chi connectivity index (χ4n) is 3.61. The zero-order chi connectivity index (χ0) is 17.5. The third-order valence-corrected chi connectivity index (χ3v) is 5.40. The Morgan fingerprint density at radius 3 is 2.36 bits per heavy atom. The topological polar surface area (TPSA) is 58.2 Å². The largest absolute Gasteiger partial charge is 0.352 e. The Kier molecular flexibility index (Phi) is 6.48. The standard InChI is InChI=1S/C21H30N2O2/c24-20(8-4-7-16-5-2-1-3-6-16)22-15-17-9-13-19(14-10-17)23-21(25)18-11-12-18/h9-10,13-14,16,18H,1-8,11-12,15H2,(H,22,24)(H,23,25). The maximum Gasteiger partial charge on any atom is 0.227 e. The minimum atomic E-state index is 0.124. The zero-order valence-electron chi connectivity index (χ0n) is 15.1. The van der Waals surface area contributed by atoms with Gasteiger partial charge in [-0.3, -0.25) is 9.59 Å². The van der Waals surface area contributed by atoms with Crippen LogP contribution in [-0.2, 0) is 16.1 Å². The summed E-state index contributed by atoms with van der Waals surface area (Å²) in [6.45, 7) is 0.555. The van der Waals surface area contributed by atoms with Gasteiger partial charge in [-0.1, -0.05) is 44.2 Å². The Bertz CT molecular complexity index is 572. The maximum absolute atomic E-state index is 12.0. The Balaban J connectivity index is 1.31. The molecule has 2 aliphatic carbocycles. The lowest BCUT2D eigenvalue weighted by Gasteiger charge is -2.21. The number of anilines is 1. The normalized spacial score (nSPS) is 17.9. The zero-order valence-corrected chi connectivity index (χ0v) is 15.1. The summed E-state index contributed by atoms with van der Waals surface area (Å²) in [7, 11) is 0. The van der Waals surface area contributed by atoms with Crippen LogP contribution in [0.25, 0.3) is 0 Å². The predicted octanol–water partition coefficient (Wildman–Crippen LogP) is 4.40. The van der Waals surface area contributed by atoms with Crippen LogP contribution in [-0.4, -0.2) is 11.8 Å². The van der Waals surface area contributed by atoms with E-state index >= 15 is 0 Å². The fourth-order valence-corrected chi connectivity index (χ4v) is 3.61. The van der Waals surface area contributed by atoms with Crippen LogP contribution >= 0.6 is 0 Å². The monoisotopic (exact) mass is 342 g/mol. The van der Waals surface area contributed by atoms with Crippen molar-refractivity contribution in [2.24, 2.45) is 11.8 Å². The summed E-state index contributed by atoms with van der Waals surface area (Å²) in [5.74, 6) is 1.33. The number of rotatable bonds is 8. The van der Waals surface area contributed by atoms with Gasteiger partial charge in [0.05, 0.1) is 0 Å². The molecule has 25 heavy (non-hydrogen) atoms. The molecular weight excluding hydrogens is 312 g/mol. The van der Waals surface area contributed by atoms with Gasteiger partial charge >= 0.3 is 0 Å². The molecule has 0 radical (unpaired) electrons. The minimum absolute atomic E-state index is 0.124. The lowest BCUT2D eigenvalue weighted by molar-refractivity contribution is -0.121. The first-order valence-electron chi connectivity index (χ1n) is 9.87. The van der Waals surface area contributed by atoms with Crippen molar-refractivity contribution in [2.45, 2.75) is 70.8 Å². The summed E-state index contributed by atoms with van der Waals surface area (Å²) in [5.41, 5.74) is 1.89. The third kappa shape index (κ3) is 6.18. The van der Waals surface area contributed by atoms with Gasteiger partial charge in [0.25, 0.3) is 0 Å². The van der Waals surface area contributed by atoms with Gasteiger partial charge in [0.2, 0.25) is 11.8 Å². The summed E-state index contributed by atoms with van der Waals surface area (Å²) in [4.78, 5) is 23.7. The average molecular weight is 342 g/mol. The van der Waals surface area contributed by atoms with E-state index in [0.29, 0.717) is 13.0 Å². The van der Waals surface area contributed by atoms with Crippen LogP contribution in [0.4, 0.5) is 5.69 Å². The van der Waals surface area contributed by atoms with Gasteiger partial charge in [-0.2, -0.15) is 0 Å². The van der Waals surface area contributed by atoms with Crippen molar-refractivity contribution in [2.75, 3.05) is 5.32 Å². The Labute approximate surface area is 150 Å². The van der Waals surface area contributed by atoms with E-state index < -0.39 is 0 Å². The molecule has 4 heteroatoms. The molecule has 0 atom stereocenters. The first-order chi connectivity index (χ1) is 12.2. The molecule has 0 heterocycles. The number of hydrogen-bond donors (Lipinski definition) is 2. The van der Waals surface area contributed by atoms with Crippen molar-refractivity contribution < 1.29 is 9.59 Å². The Morgan fingerprint density at radius 1 is 0.960 bits per heavy atom. The van der Waals surface area contributed by atoms with Crippen molar-refractivity contribution in [1.29, 1.82) is 0 Å². The van der Waals surface area contributed by atoms with Crippen molar-refractivity contribution in [1.82, 2.24) is 5.32 Å². The fraction of sp³-hybridized carbons (Fsp3) is 0.619. The van der Waals surface area contributed by atoms with Gasteiger partial charge in [-0.05, 0) is 49.3 Å². The van der Waals surface area contributed by atoms with E-state index in [4.69, 9.17) is 0 Å². The van der Waals surface area contributed by atoms with Crippen LogP contribution in [0.5, 0.6) is 0 Å². The van der Waals surface area contributed by atoms with Gasteiger partial charge in [0, 0.05) is 24.6 Å². The molecule has 2 fully saturated rings. The summed E-state index contributed by atoms with van der Waals surface area (Å²) >= 11 is 0. The Hall–Kier alpha value is -1.84. The lowest BCUT2D eigenvalue weighted by Crippen LogP contribution is -2.22. The molecule has 0 spiro atoms. The van der Waals surface area contributed by atoms with Gasteiger partial charge in [-0.25, -0.2) is 0 Å². The van der Waals surface area contributed by atoms with E-state index in [1.807, 2.05) is 24.3 Å². The number of carbonyl (C=O) groups excluding carboxylic acids is 2. The Morgan fingerprint density at radius 2 is 1.68 bits per heavy atom. The van der Waals surface area contributed by atoms with Crippen LogP contribution in [0.1, 0.15) is 69.8 Å². The van der Waals surface area contributed by atoms with Gasteiger partial charge in [0.15, 0.2) is 0 Å².